The summed E-state index contributed by atoms with van der Waals surface area (Å²) >= 11 is 0. The summed E-state index contributed by atoms with van der Waals surface area (Å²) < 4.78 is 10.2. The molecule has 5 nitrogen and oxygen atoms in total. The first-order chi connectivity index (χ1) is 8.47. The Hall–Kier alpha value is -1.78. The lowest BCUT2D eigenvalue weighted by atomic mass is 9.96. The van der Waals surface area contributed by atoms with Crippen LogP contribution in [0.3, 0.4) is 0 Å². The van der Waals surface area contributed by atoms with Crippen molar-refractivity contribution < 1.29 is 13.9 Å². The average Bonchev–Trinajstić information content (AvgIpc) is 2.33. The molecule has 2 atom stereocenters. The van der Waals surface area contributed by atoms with Gasteiger partial charge >= 0.3 is 5.63 Å². The Morgan fingerprint density at radius 3 is 2.67 bits per heavy atom. The minimum atomic E-state index is -0.483. The molecule has 0 aliphatic carbocycles. The van der Waals surface area contributed by atoms with Crippen molar-refractivity contribution in [3.8, 4) is 5.75 Å². The van der Waals surface area contributed by atoms with Gasteiger partial charge in [-0.1, -0.05) is 20.3 Å². The van der Waals surface area contributed by atoms with Crippen molar-refractivity contribution in [2.45, 2.75) is 33.2 Å². The normalized spacial score (nSPS) is 13.8. The lowest BCUT2D eigenvalue weighted by Crippen LogP contribution is -2.31. The fraction of sp³-hybridized carbons (Fsp3) is 0.538. The van der Waals surface area contributed by atoms with Crippen molar-refractivity contribution >= 4 is 5.91 Å². The van der Waals surface area contributed by atoms with Crippen LogP contribution >= 0.6 is 0 Å². The fourth-order valence-corrected chi connectivity index (χ4v) is 1.69. The Kier molecular flexibility index (Phi) is 4.95. The van der Waals surface area contributed by atoms with E-state index in [0.29, 0.717) is 11.5 Å². The SMILES string of the molecule is CC[C@@H](C)[C@@H](NC(C)=O)c1cc(OC)cc(=O)o1. The molecular weight excluding hydrogens is 234 g/mol. The maximum Gasteiger partial charge on any atom is 0.339 e. The first-order valence-electron chi connectivity index (χ1n) is 5.94. The van der Waals surface area contributed by atoms with Gasteiger partial charge in [-0.3, -0.25) is 4.79 Å². The van der Waals surface area contributed by atoms with E-state index in [1.807, 2.05) is 13.8 Å². The highest BCUT2D eigenvalue weighted by atomic mass is 16.5. The number of hydrogen-bond donors (Lipinski definition) is 1. The van der Waals surface area contributed by atoms with E-state index in [9.17, 15) is 9.59 Å². The van der Waals surface area contributed by atoms with E-state index in [1.54, 1.807) is 6.07 Å². The molecule has 1 amide bonds. The molecule has 1 aromatic rings. The zero-order valence-corrected chi connectivity index (χ0v) is 11.1. The fourth-order valence-electron chi connectivity index (χ4n) is 1.69. The van der Waals surface area contributed by atoms with Crippen LogP contribution in [0.5, 0.6) is 5.75 Å². The minimum Gasteiger partial charge on any atom is -0.496 e. The Morgan fingerprint density at radius 2 is 2.17 bits per heavy atom. The van der Waals surface area contributed by atoms with Crippen molar-refractivity contribution in [3.05, 3.63) is 28.3 Å². The standard InChI is InChI=1S/C13H19NO4/c1-5-8(2)13(14-9(3)15)11-6-10(17-4)7-12(16)18-11/h6-8,13H,5H2,1-4H3,(H,14,15)/t8-,13-/m1/s1. The number of rotatable bonds is 5. The van der Waals surface area contributed by atoms with E-state index >= 15 is 0 Å². The van der Waals surface area contributed by atoms with Gasteiger partial charge in [0.25, 0.3) is 0 Å². The molecule has 18 heavy (non-hydrogen) atoms. The van der Waals surface area contributed by atoms with Crippen LogP contribution in [0.2, 0.25) is 0 Å². The Morgan fingerprint density at radius 1 is 1.50 bits per heavy atom. The van der Waals surface area contributed by atoms with Crippen molar-refractivity contribution in [2.24, 2.45) is 5.92 Å². The van der Waals surface area contributed by atoms with E-state index < -0.39 is 5.63 Å². The zero-order chi connectivity index (χ0) is 13.7. The first-order valence-corrected chi connectivity index (χ1v) is 5.94. The molecular formula is C13H19NO4. The van der Waals surface area contributed by atoms with Gasteiger partial charge in [0, 0.05) is 13.0 Å². The third kappa shape index (κ3) is 3.61. The number of ether oxygens (including phenoxy) is 1. The second kappa shape index (κ2) is 6.23. The summed E-state index contributed by atoms with van der Waals surface area (Å²) in [6, 6.07) is 2.58. The average molecular weight is 253 g/mol. The maximum atomic E-state index is 11.4. The van der Waals surface area contributed by atoms with E-state index in [2.05, 4.69) is 5.32 Å². The third-order valence-electron chi connectivity index (χ3n) is 2.88. The number of carbonyl (C=O) groups is 1. The van der Waals surface area contributed by atoms with Crippen molar-refractivity contribution in [1.82, 2.24) is 5.32 Å². The number of hydrogen-bond acceptors (Lipinski definition) is 4. The van der Waals surface area contributed by atoms with Gasteiger partial charge < -0.3 is 14.5 Å². The lowest BCUT2D eigenvalue weighted by molar-refractivity contribution is -0.120. The Bertz CT molecular complexity index is 466. The maximum absolute atomic E-state index is 11.4. The van der Waals surface area contributed by atoms with Crippen LogP contribution < -0.4 is 15.7 Å². The Labute approximate surface area is 106 Å². The summed E-state index contributed by atoms with van der Waals surface area (Å²) in [5, 5.41) is 2.80. The second-order valence-electron chi connectivity index (χ2n) is 4.28. The summed E-state index contributed by atoms with van der Waals surface area (Å²) in [6.45, 7) is 5.44. The van der Waals surface area contributed by atoms with Crippen LogP contribution in [0.1, 0.15) is 39.0 Å². The summed E-state index contributed by atoms with van der Waals surface area (Å²) in [5.41, 5.74) is -0.483. The van der Waals surface area contributed by atoms with Gasteiger partial charge in [0.1, 0.15) is 11.5 Å². The molecule has 0 saturated carbocycles. The third-order valence-corrected chi connectivity index (χ3v) is 2.88. The summed E-state index contributed by atoms with van der Waals surface area (Å²) in [5.74, 6) is 0.846. The molecule has 0 aromatic carbocycles. The molecule has 0 bridgehead atoms. The summed E-state index contributed by atoms with van der Waals surface area (Å²) in [4.78, 5) is 22.6. The number of nitrogens with one attached hydrogen (secondary N) is 1. The van der Waals surface area contributed by atoms with Crippen LogP contribution in [0.15, 0.2) is 21.3 Å². The molecule has 100 valence electrons. The zero-order valence-electron chi connectivity index (χ0n) is 11.1. The van der Waals surface area contributed by atoms with Crippen LogP contribution in [0, 0.1) is 5.92 Å². The summed E-state index contributed by atoms with van der Waals surface area (Å²) in [7, 11) is 1.48. The van der Waals surface area contributed by atoms with Gasteiger partial charge in [0.05, 0.1) is 19.2 Å². The monoisotopic (exact) mass is 253 g/mol. The molecule has 0 radical (unpaired) electrons. The molecule has 1 rings (SSSR count). The minimum absolute atomic E-state index is 0.157. The highest BCUT2D eigenvalue weighted by Gasteiger charge is 2.22. The molecule has 0 unspecified atom stereocenters. The highest BCUT2D eigenvalue weighted by Crippen LogP contribution is 2.25. The van der Waals surface area contributed by atoms with Crippen LogP contribution in [-0.2, 0) is 4.79 Å². The van der Waals surface area contributed by atoms with Crippen molar-refractivity contribution in [1.29, 1.82) is 0 Å². The molecule has 0 spiro atoms. The predicted molar refractivity (Wildman–Crippen MR) is 67.5 cm³/mol. The van der Waals surface area contributed by atoms with Gasteiger partial charge in [-0.15, -0.1) is 0 Å². The Balaban J connectivity index is 3.15. The smallest absolute Gasteiger partial charge is 0.339 e. The molecule has 0 aliphatic heterocycles. The topological polar surface area (TPSA) is 68.5 Å². The van der Waals surface area contributed by atoms with E-state index in [0.717, 1.165) is 6.42 Å². The van der Waals surface area contributed by atoms with Gasteiger partial charge in [0.15, 0.2) is 0 Å². The predicted octanol–water partition coefficient (Wildman–Crippen LogP) is 1.87. The number of methoxy groups -OCH3 is 1. The van der Waals surface area contributed by atoms with Crippen LogP contribution in [-0.4, -0.2) is 13.0 Å². The van der Waals surface area contributed by atoms with Crippen molar-refractivity contribution in [3.63, 3.8) is 0 Å². The van der Waals surface area contributed by atoms with Crippen LogP contribution in [0.4, 0.5) is 0 Å². The van der Waals surface area contributed by atoms with Crippen LogP contribution in [0.25, 0.3) is 0 Å². The van der Waals surface area contributed by atoms with E-state index in [-0.39, 0.29) is 17.9 Å². The van der Waals surface area contributed by atoms with Gasteiger partial charge in [-0.25, -0.2) is 4.79 Å². The van der Waals surface area contributed by atoms with Crippen molar-refractivity contribution in [2.75, 3.05) is 7.11 Å². The molecule has 0 saturated heterocycles. The number of amides is 1. The molecule has 1 heterocycles. The first kappa shape index (κ1) is 14.3. The molecule has 1 aromatic heterocycles. The largest absolute Gasteiger partial charge is 0.496 e. The van der Waals surface area contributed by atoms with Gasteiger partial charge in [-0.2, -0.15) is 0 Å². The quantitative estimate of drug-likeness (QED) is 0.869. The molecule has 1 N–H and O–H groups in total. The van der Waals surface area contributed by atoms with E-state index in [1.165, 1.54) is 20.1 Å². The van der Waals surface area contributed by atoms with Gasteiger partial charge in [-0.05, 0) is 5.92 Å². The van der Waals surface area contributed by atoms with E-state index in [4.69, 9.17) is 9.15 Å². The lowest BCUT2D eigenvalue weighted by Gasteiger charge is -2.22. The number of carbonyl (C=O) groups excluding carboxylic acids is 1. The highest BCUT2D eigenvalue weighted by molar-refractivity contribution is 5.73. The molecule has 0 fully saturated rings. The second-order valence-corrected chi connectivity index (χ2v) is 4.28. The molecule has 0 aliphatic rings. The van der Waals surface area contributed by atoms with Gasteiger partial charge in [0.2, 0.25) is 5.91 Å². The summed E-state index contributed by atoms with van der Waals surface area (Å²) in [6.07, 6.45) is 0.853. The molecule has 5 heteroatoms.